The fraction of sp³-hybridized carbons (Fsp3) is 0.800. The van der Waals surface area contributed by atoms with Crippen LogP contribution in [-0.4, -0.2) is 24.2 Å². The molecule has 0 rings (SSSR count). The highest BCUT2D eigenvalue weighted by molar-refractivity contribution is 4.99. The third-order valence-electron chi connectivity index (χ3n) is 2.01. The lowest BCUT2D eigenvalue weighted by Crippen LogP contribution is -2.55. The summed E-state index contributed by atoms with van der Waals surface area (Å²) in [5.74, 6) is 5.36. The molecule has 0 aromatic rings. The average Bonchev–Trinajstić information content (AvgIpc) is 2.16. The molecule has 0 bridgehead atoms. The summed E-state index contributed by atoms with van der Waals surface area (Å²) < 4.78 is 72.1. The molecule has 2 unspecified atom stereocenters. The zero-order valence-corrected chi connectivity index (χ0v) is 9.47. The molecule has 16 heavy (non-hydrogen) atoms. The van der Waals surface area contributed by atoms with Crippen molar-refractivity contribution in [2.24, 2.45) is 0 Å². The molecule has 0 spiro atoms. The first-order chi connectivity index (χ1) is 6.97. The second-order valence-electron chi connectivity index (χ2n) is 3.33. The van der Waals surface area contributed by atoms with Gasteiger partial charge in [0.2, 0.25) is 5.67 Å². The van der Waals surface area contributed by atoms with Gasteiger partial charge in [0.1, 0.15) is 6.67 Å². The van der Waals surface area contributed by atoms with E-state index in [1.54, 1.807) is 0 Å². The first kappa shape index (κ1) is 17.5. The van der Waals surface area contributed by atoms with Crippen LogP contribution in [0.15, 0.2) is 0 Å². The van der Waals surface area contributed by atoms with Gasteiger partial charge in [-0.15, -0.1) is 11.8 Å². The van der Waals surface area contributed by atoms with Crippen molar-refractivity contribution in [1.82, 2.24) is 0 Å². The van der Waals surface area contributed by atoms with E-state index in [9.17, 15) is 26.3 Å². The predicted octanol–water partition coefficient (Wildman–Crippen LogP) is 4.00. The van der Waals surface area contributed by atoms with Crippen molar-refractivity contribution in [3.63, 3.8) is 0 Å². The standard InChI is InChI=1S/C6H8F6.C4H6/c1-4(8,3-7)5(2,9)6(10,11)12;1-3-4-2/h3H2,1-2H3;1-2H3. The normalized spacial score (nSPS) is 18.1. The van der Waals surface area contributed by atoms with Crippen LogP contribution < -0.4 is 0 Å². The number of hydrogen-bond donors (Lipinski definition) is 0. The highest BCUT2D eigenvalue weighted by atomic mass is 19.4. The lowest BCUT2D eigenvalue weighted by molar-refractivity contribution is -0.265. The molecule has 0 aliphatic rings. The third kappa shape index (κ3) is 4.33. The summed E-state index contributed by atoms with van der Waals surface area (Å²) in [6.45, 7) is 1.84. The van der Waals surface area contributed by atoms with Crippen LogP contribution in [0.1, 0.15) is 27.7 Å². The van der Waals surface area contributed by atoms with Gasteiger partial charge >= 0.3 is 6.18 Å². The van der Waals surface area contributed by atoms with E-state index < -0.39 is 24.2 Å². The van der Waals surface area contributed by atoms with Gasteiger partial charge in [-0.2, -0.15) is 13.2 Å². The number of alkyl halides is 6. The first-order valence-electron chi connectivity index (χ1n) is 4.32. The molecule has 0 aromatic heterocycles. The Kier molecular flexibility index (Phi) is 6.60. The van der Waals surface area contributed by atoms with Crippen molar-refractivity contribution in [2.75, 3.05) is 6.67 Å². The average molecular weight is 248 g/mol. The summed E-state index contributed by atoms with van der Waals surface area (Å²) >= 11 is 0. The van der Waals surface area contributed by atoms with Gasteiger partial charge in [-0.1, -0.05) is 0 Å². The Morgan fingerprint density at radius 1 is 0.875 bits per heavy atom. The lowest BCUT2D eigenvalue weighted by Gasteiger charge is -2.33. The molecule has 0 radical (unpaired) electrons. The molecule has 0 N–H and O–H groups in total. The van der Waals surface area contributed by atoms with Gasteiger partial charge in [0.15, 0.2) is 5.67 Å². The molecule has 0 saturated heterocycles. The van der Waals surface area contributed by atoms with Gasteiger partial charge in [-0.25, -0.2) is 13.2 Å². The molecule has 0 aromatic carbocycles. The van der Waals surface area contributed by atoms with Crippen molar-refractivity contribution < 1.29 is 26.3 Å². The van der Waals surface area contributed by atoms with E-state index in [1.807, 2.05) is 13.8 Å². The van der Waals surface area contributed by atoms with Crippen molar-refractivity contribution in [3.8, 4) is 11.8 Å². The summed E-state index contributed by atoms with van der Waals surface area (Å²) in [5.41, 5.74) is -7.69. The number of hydrogen-bond acceptors (Lipinski definition) is 0. The quantitative estimate of drug-likeness (QED) is 0.511. The predicted molar refractivity (Wildman–Crippen MR) is 50.2 cm³/mol. The fourth-order valence-corrected chi connectivity index (χ4v) is 0.421. The maximum atomic E-state index is 12.6. The Morgan fingerprint density at radius 3 is 1.25 bits per heavy atom. The minimum Gasteiger partial charge on any atom is -0.247 e. The van der Waals surface area contributed by atoms with Gasteiger partial charge in [0.05, 0.1) is 0 Å². The highest BCUT2D eigenvalue weighted by Gasteiger charge is 2.64. The third-order valence-corrected chi connectivity index (χ3v) is 2.01. The molecule has 0 aliphatic carbocycles. The van der Waals surface area contributed by atoms with Crippen LogP contribution in [0.4, 0.5) is 26.3 Å². The topological polar surface area (TPSA) is 0 Å². The molecule has 0 nitrogen and oxygen atoms in total. The maximum Gasteiger partial charge on any atom is 0.425 e. The van der Waals surface area contributed by atoms with Crippen LogP contribution in [0.2, 0.25) is 0 Å². The Hall–Kier alpha value is -0.860. The molecular formula is C10H14F6. The van der Waals surface area contributed by atoms with Gasteiger partial charge in [-0.3, -0.25) is 0 Å². The Balaban J connectivity index is 0. The second kappa shape index (κ2) is 6.02. The van der Waals surface area contributed by atoms with Crippen LogP contribution >= 0.6 is 0 Å². The zero-order chi connectivity index (χ0) is 13.6. The fourth-order valence-electron chi connectivity index (χ4n) is 0.421. The van der Waals surface area contributed by atoms with E-state index in [-0.39, 0.29) is 13.8 Å². The van der Waals surface area contributed by atoms with Crippen molar-refractivity contribution >= 4 is 0 Å². The van der Waals surface area contributed by atoms with E-state index in [4.69, 9.17) is 0 Å². The smallest absolute Gasteiger partial charge is 0.247 e. The molecule has 6 heteroatoms. The molecule has 2 atom stereocenters. The minimum atomic E-state index is -5.40. The zero-order valence-electron chi connectivity index (χ0n) is 9.47. The Morgan fingerprint density at radius 2 is 1.19 bits per heavy atom. The summed E-state index contributed by atoms with van der Waals surface area (Å²) in [4.78, 5) is 0. The lowest BCUT2D eigenvalue weighted by atomic mass is 9.90. The van der Waals surface area contributed by atoms with E-state index in [1.165, 1.54) is 0 Å². The van der Waals surface area contributed by atoms with Gasteiger partial charge in [0.25, 0.3) is 0 Å². The Labute approximate surface area is 91.0 Å². The minimum absolute atomic E-state index is 0.0213. The summed E-state index contributed by atoms with van der Waals surface area (Å²) in [7, 11) is 0. The van der Waals surface area contributed by atoms with E-state index in [2.05, 4.69) is 11.8 Å². The monoisotopic (exact) mass is 248 g/mol. The summed E-state index contributed by atoms with van der Waals surface area (Å²) in [6.07, 6.45) is -5.40. The van der Waals surface area contributed by atoms with Crippen LogP contribution in [0.25, 0.3) is 0 Å². The number of halogens is 6. The molecule has 0 fully saturated rings. The SMILES string of the molecule is CC#CC.CC(F)(CF)C(C)(F)C(F)(F)F. The van der Waals surface area contributed by atoms with Gasteiger partial charge < -0.3 is 0 Å². The molecular weight excluding hydrogens is 234 g/mol. The molecule has 0 saturated carbocycles. The number of rotatable bonds is 2. The van der Waals surface area contributed by atoms with E-state index in [0.29, 0.717) is 0 Å². The largest absolute Gasteiger partial charge is 0.425 e. The first-order valence-corrected chi connectivity index (χ1v) is 4.32. The summed E-state index contributed by atoms with van der Waals surface area (Å²) in [5, 5.41) is 0. The van der Waals surface area contributed by atoms with Crippen LogP contribution in [0, 0.1) is 11.8 Å². The summed E-state index contributed by atoms with van der Waals surface area (Å²) in [6, 6.07) is 0. The van der Waals surface area contributed by atoms with Gasteiger partial charge in [0, 0.05) is 0 Å². The van der Waals surface area contributed by atoms with Crippen molar-refractivity contribution in [3.05, 3.63) is 0 Å². The highest BCUT2D eigenvalue weighted by Crippen LogP contribution is 2.43. The van der Waals surface area contributed by atoms with Crippen LogP contribution in [0.3, 0.4) is 0 Å². The van der Waals surface area contributed by atoms with Gasteiger partial charge in [-0.05, 0) is 27.7 Å². The van der Waals surface area contributed by atoms with Crippen LogP contribution in [0.5, 0.6) is 0 Å². The second-order valence-corrected chi connectivity index (χ2v) is 3.33. The molecule has 0 heterocycles. The van der Waals surface area contributed by atoms with Crippen molar-refractivity contribution in [1.29, 1.82) is 0 Å². The van der Waals surface area contributed by atoms with Crippen LogP contribution in [-0.2, 0) is 0 Å². The molecule has 0 amide bonds. The van der Waals surface area contributed by atoms with Crippen molar-refractivity contribution in [2.45, 2.75) is 45.2 Å². The van der Waals surface area contributed by atoms with E-state index in [0.717, 1.165) is 0 Å². The Bertz CT molecular complexity index is 247. The van der Waals surface area contributed by atoms with E-state index >= 15 is 0 Å². The molecule has 0 aliphatic heterocycles. The maximum absolute atomic E-state index is 12.6. The molecule has 96 valence electrons.